The molecule has 2 heterocycles. The number of benzene rings is 2. The quantitative estimate of drug-likeness (QED) is 0.897. The van der Waals surface area contributed by atoms with Crippen molar-refractivity contribution in [3.63, 3.8) is 0 Å². The molecule has 2 aromatic carbocycles. The lowest BCUT2D eigenvalue weighted by atomic mass is 9.60. The molecule has 4 rings (SSSR count). The average molecular weight is 372 g/mol. The van der Waals surface area contributed by atoms with Gasteiger partial charge in [0.1, 0.15) is 11.6 Å². The second-order valence-electron chi connectivity index (χ2n) is 7.48. The number of nitrogens with zero attached hydrogens (tertiary/aromatic N) is 2. The maximum Gasteiger partial charge on any atom is 0.219 e. The van der Waals surface area contributed by atoms with Crippen molar-refractivity contribution in [3.8, 4) is 0 Å². The van der Waals surface area contributed by atoms with Gasteiger partial charge in [0, 0.05) is 44.1 Å². The molecule has 2 fully saturated rings. The highest BCUT2D eigenvalue weighted by Gasteiger charge is 2.65. The van der Waals surface area contributed by atoms with Crippen LogP contribution in [0.15, 0.2) is 48.5 Å². The highest BCUT2D eigenvalue weighted by molar-refractivity contribution is 5.75. The Morgan fingerprint density at radius 2 is 1.89 bits per heavy atom. The van der Waals surface area contributed by atoms with E-state index in [2.05, 4.69) is 0 Å². The minimum atomic E-state index is -0.486. The van der Waals surface area contributed by atoms with E-state index in [1.807, 2.05) is 35.2 Å². The fourth-order valence-electron chi connectivity index (χ4n) is 4.70. The molecule has 4 nitrogen and oxygen atoms in total. The van der Waals surface area contributed by atoms with Gasteiger partial charge in [0.25, 0.3) is 0 Å². The van der Waals surface area contributed by atoms with Crippen LogP contribution >= 0.6 is 0 Å². The lowest BCUT2D eigenvalue weighted by Crippen LogP contribution is -2.84. The molecule has 0 saturated carbocycles. The van der Waals surface area contributed by atoms with Crippen LogP contribution in [0.3, 0.4) is 0 Å². The van der Waals surface area contributed by atoms with E-state index in [0.29, 0.717) is 13.1 Å². The normalized spacial score (nSPS) is 23.8. The number of aliphatic hydroxyl groups excluding tert-OH is 1. The van der Waals surface area contributed by atoms with Crippen molar-refractivity contribution in [2.24, 2.45) is 0 Å². The van der Waals surface area contributed by atoms with Crippen molar-refractivity contribution in [1.29, 1.82) is 0 Å². The van der Waals surface area contributed by atoms with Crippen molar-refractivity contribution < 1.29 is 18.7 Å². The highest BCUT2D eigenvalue weighted by atomic mass is 19.1. The smallest absolute Gasteiger partial charge is 0.219 e. The number of amides is 1. The second-order valence-corrected chi connectivity index (χ2v) is 7.48. The zero-order chi connectivity index (χ0) is 19.2. The van der Waals surface area contributed by atoms with Gasteiger partial charge in [0.2, 0.25) is 5.91 Å². The molecule has 142 valence electrons. The summed E-state index contributed by atoms with van der Waals surface area (Å²) in [5, 5.41) is 10.0. The van der Waals surface area contributed by atoms with E-state index < -0.39 is 11.6 Å². The summed E-state index contributed by atoms with van der Waals surface area (Å²) in [4.78, 5) is 15.5. The molecule has 1 amide bonds. The van der Waals surface area contributed by atoms with Gasteiger partial charge in [-0.1, -0.05) is 30.3 Å². The van der Waals surface area contributed by atoms with Crippen molar-refractivity contribution in [2.75, 3.05) is 19.7 Å². The molecule has 0 aromatic heterocycles. The number of carbonyl (C=O) groups excluding carboxylic acids is 1. The Morgan fingerprint density at radius 1 is 1.19 bits per heavy atom. The molecule has 2 saturated heterocycles. The highest BCUT2D eigenvalue weighted by Crippen LogP contribution is 2.54. The van der Waals surface area contributed by atoms with Crippen LogP contribution in [0.2, 0.25) is 0 Å². The summed E-state index contributed by atoms with van der Waals surface area (Å²) in [6.45, 7) is 2.69. The topological polar surface area (TPSA) is 43.8 Å². The van der Waals surface area contributed by atoms with Crippen LogP contribution in [0.25, 0.3) is 0 Å². The van der Waals surface area contributed by atoms with Crippen molar-refractivity contribution >= 4 is 5.91 Å². The molecule has 0 unspecified atom stereocenters. The molecular formula is C21H22F2N2O2. The van der Waals surface area contributed by atoms with Gasteiger partial charge in [0.15, 0.2) is 0 Å². The maximum absolute atomic E-state index is 14.2. The number of rotatable bonds is 4. The van der Waals surface area contributed by atoms with Crippen LogP contribution in [-0.2, 0) is 11.3 Å². The van der Waals surface area contributed by atoms with Crippen LogP contribution in [0.1, 0.15) is 24.0 Å². The standard InChI is InChI=1S/C21H22F2N2O2/c1-14(27)24-12-21(13-24)20(15-5-3-2-4-6-15)19(11-26)25(21)10-16-9-17(22)7-8-18(16)23/h2-9,19-20,26H,10-13H2,1H3/t19-,20+/m0/s1. The summed E-state index contributed by atoms with van der Waals surface area (Å²) in [5.41, 5.74) is 0.996. The summed E-state index contributed by atoms with van der Waals surface area (Å²) in [5.74, 6) is -0.915. The molecule has 2 aliphatic heterocycles. The monoisotopic (exact) mass is 372 g/mol. The fourth-order valence-corrected chi connectivity index (χ4v) is 4.70. The maximum atomic E-state index is 14.2. The summed E-state index contributed by atoms with van der Waals surface area (Å²) in [7, 11) is 0. The predicted octanol–water partition coefficient (Wildman–Crippen LogP) is 2.53. The first-order valence-corrected chi connectivity index (χ1v) is 9.08. The molecule has 2 atom stereocenters. The Balaban J connectivity index is 1.67. The summed E-state index contributed by atoms with van der Waals surface area (Å²) in [6.07, 6.45) is 0. The molecular weight excluding hydrogens is 350 g/mol. The van der Waals surface area contributed by atoms with Crippen LogP contribution in [0.4, 0.5) is 8.78 Å². The lowest BCUT2D eigenvalue weighted by Gasteiger charge is -2.70. The first-order chi connectivity index (χ1) is 13.0. The van der Waals surface area contributed by atoms with Gasteiger partial charge in [-0.15, -0.1) is 0 Å². The van der Waals surface area contributed by atoms with E-state index in [0.717, 1.165) is 17.7 Å². The fraction of sp³-hybridized carbons (Fsp3) is 0.381. The van der Waals surface area contributed by atoms with Crippen molar-refractivity contribution in [3.05, 3.63) is 71.3 Å². The first kappa shape index (κ1) is 18.1. The number of halogens is 2. The molecule has 2 aromatic rings. The van der Waals surface area contributed by atoms with Gasteiger partial charge >= 0.3 is 0 Å². The molecule has 6 heteroatoms. The average Bonchev–Trinajstić information content (AvgIpc) is 2.60. The Labute approximate surface area is 157 Å². The van der Waals surface area contributed by atoms with Crippen LogP contribution in [0.5, 0.6) is 0 Å². The predicted molar refractivity (Wildman–Crippen MR) is 96.9 cm³/mol. The summed E-state index contributed by atoms with van der Waals surface area (Å²) < 4.78 is 27.8. The Bertz CT molecular complexity index is 853. The SMILES string of the molecule is CC(=O)N1CC2(C1)[C@H](c1ccccc1)[C@H](CO)N2Cc1cc(F)ccc1F. The number of aliphatic hydroxyl groups is 1. The molecule has 27 heavy (non-hydrogen) atoms. The molecule has 2 aliphatic rings. The Morgan fingerprint density at radius 3 is 2.52 bits per heavy atom. The number of hydrogen-bond donors (Lipinski definition) is 1. The number of hydrogen-bond acceptors (Lipinski definition) is 3. The number of carbonyl (C=O) groups is 1. The van der Waals surface area contributed by atoms with E-state index in [-0.39, 0.29) is 42.1 Å². The van der Waals surface area contributed by atoms with Gasteiger partial charge in [-0.25, -0.2) is 8.78 Å². The van der Waals surface area contributed by atoms with Gasteiger partial charge in [0.05, 0.1) is 12.1 Å². The Hall–Kier alpha value is -2.31. The van der Waals surface area contributed by atoms with Crippen LogP contribution < -0.4 is 0 Å². The third kappa shape index (κ3) is 2.84. The zero-order valence-corrected chi connectivity index (χ0v) is 15.1. The van der Waals surface area contributed by atoms with E-state index >= 15 is 0 Å². The molecule has 1 N–H and O–H groups in total. The number of likely N-dealkylation sites (tertiary alicyclic amines) is 2. The molecule has 0 bridgehead atoms. The van der Waals surface area contributed by atoms with Gasteiger partial charge in [-0.2, -0.15) is 0 Å². The van der Waals surface area contributed by atoms with E-state index in [1.165, 1.54) is 13.0 Å². The molecule has 1 spiro atoms. The first-order valence-electron chi connectivity index (χ1n) is 9.08. The minimum absolute atomic E-state index is 0.00299. The third-order valence-corrected chi connectivity index (χ3v) is 6.00. The second kappa shape index (κ2) is 6.69. The van der Waals surface area contributed by atoms with Gasteiger partial charge in [-0.3, -0.25) is 9.69 Å². The molecule has 0 aliphatic carbocycles. The minimum Gasteiger partial charge on any atom is -0.395 e. The zero-order valence-electron chi connectivity index (χ0n) is 15.1. The lowest BCUT2D eigenvalue weighted by molar-refractivity contribution is -0.199. The Kier molecular flexibility index (Phi) is 4.48. The third-order valence-electron chi connectivity index (χ3n) is 6.00. The van der Waals surface area contributed by atoms with Crippen LogP contribution in [-0.4, -0.2) is 52.1 Å². The summed E-state index contributed by atoms with van der Waals surface area (Å²) >= 11 is 0. The van der Waals surface area contributed by atoms with Crippen molar-refractivity contribution in [2.45, 2.75) is 31.0 Å². The van der Waals surface area contributed by atoms with E-state index in [4.69, 9.17) is 0 Å². The summed E-state index contributed by atoms with van der Waals surface area (Å²) in [6, 6.07) is 13.1. The van der Waals surface area contributed by atoms with Gasteiger partial charge in [-0.05, 0) is 23.8 Å². The van der Waals surface area contributed by atoms with E-state index in [1.54, 1.807) is 4.90 Å². The largest absolute Gasteiger partial charge is 0.395 e. The molecule has 0 radical (unpaired) electrons. The van der Waals surface area contributed by atoms with Gasteiger partial charge < -0.3 is 10.0 Å². The van der Waals surface area contributed by atoms with E-state index in [9.17, 15) is 18.7 Å². The van der Waals surface area contributed by atoms with Crippen molar-refractivity contribution in [1.82, 2.24) is 9.80 Å². The van der Waals surface area contributed by atoms with Crippen LogP contribution in [0, 0.1) is 11.6 Å².